The second-order valence-corrected chi connectivity index (χ2v) is 7.70. The Balaban J connectivity index is 2.37. The van der Waals surface area contributed by atoms with Gasteiger partial charge in [-0.15, -0.1) is 0 Å². The van der Waals surface area contributed by atoms with Crippen LogP contribution < -0.4 is 0 Å². The van der Waals surface area contributed by atoms with Crippen LogP contribution in [0.1, 0.15) is 51.5 Å². The number of alkyl halides is 1. The zero-order valence-electron chi connectivity index (χ0n) is 12.9. The molecular weight excluding hydrogens is 348 g/mol. The molecule has 0 amide bonds. The lowest BCUT2D eigenvalue weighted by atomic mass is 9.91. The van der Waals surface area contributed by atoms with E-state index < -0.39 is 10.3 Å². The number of halogens is 1. The van der Waals surface area contributed by atoms with Crippen molar-refractivity contribution in [1.29, 1.82) is 0 Å². The average Bonchev–Trinajstić information content (AvgIpc) is 2.98. The Hall–Kier alpha value is -1.62. The maximum Gasteiger partial charge on any atom is 0.371 e. The van der Waals surface area contributed by atoms with Gasteiger partial charge in [0.25, 0.3) is 0 Å². The third-order valence-electron chi connectivity index (χ3n) is 4.80. The van der Waals surface area contributed by atoms with Gasteiger partial charge in [0, 0.05) is 10.9 Å². The van der Waals surface area contributed by atoms with Gasteiger partial charge < -0.3 is 9.52 Å². The number of hydrogen-bond acceptors (Lipinski definition) is 3. The van der Waals surface area contributed by atoms with Crippen molar-refractivity contribution >= 4 is 38.7 Å². The van der Waals surface area contributed by atoms with Crippen LogP contribution in [0.3, 0.4) is 0 Å². The standard InChI is InChI=1S/C17H17BrO4/c1-7(2)17(18)6-11-10-5-12(16(20)21)22-14(10)9(4)8(3)13(11)15(17)19/h5,7H,6H2,1-4H3,(H,20,21). The van der Waals surface area contributed by atoms with E-state index in [9.17, 15) is 9.59 Å². The highest BCUT2D eigenvalue weighted by atomic mass is 79.9. The van der Waals surface area contributed by atoms with E-state index in [1.165, 1.54) is 6.07 Å². The lowest BCUT2D eigenvalue weighted by Crippen LogP contribution is -2.34. The monoisotopic (exact) mass is 364 g/mol. The number of aryl methyl sites for hydroxylation is 1. The number of rotatable bonds is 2. The predicted molar refractivity (Wildman–Crippen MR) is 87.2 cm³/mol. The van der Waals surface area contributed by atoms with Crippen molar-refractivity contribution in [3.8, 4) is 0 Å². The van der Waals surface area contributed by atoms with Crippen molar-refractivity contribution in [2.75, 3.05) is 0 Å². The molecule has 0 bridgehead atoms. The van der Waals surface area contributed by atoms with E-state index in [2.05, 4.69) is 15.9 Å². The van der Waals surface area contributed by atoms with Crippen LogP contribution in [0.2, 0.25) is 0 Å². The summed E-state index contributed by atoms with van der Waals surface area (Å²) < 4.78 is 4.88. The van der Waals surface area contributed by atoms with Crippen molar-refractivity contribution < 1.29 is 19.1 Å². The highest BCUT2D eigenvalue weighted by molar-refractivity contribution is 9.10. The molecule has 116 valence electrons. The molecule has 0 radical (unpaired) electrons. The van der Waals surface area contributed by atoms with Gasteiger partial charge >= 0.3 is 5.97 Å². The molecule has 1 N–H and O–H groups in total. The van der Waals surface area contributed by atoms with Crippen molar-refractivity contribution in [3.63, 3.8) is 0 Å². The minimum atomic E-state index is -1.10. The topological polar surface area (TPSA) is 67.5 Å². The first kappa shape index (κ1) is 15.3. The molecule has 0 saturated carbocycles. The number of carboxylic acid groups (broad SMARTS) is 1. The van der Waals surface area contributed by atoms with Gasteiger partial charge in [0.2, 0.25) is 5.76 Å². The summed E-state index contributed by atoms with van der Waals surface area (Å²) in [4.78, 5) is 24.1. The largest absolute Gasteiger partial charge is 0.475 e. The number of ketones is 1. The summed E-state index contributed by atoms with van der Waals surface area (Å²) in [5, 5.41) is 9.91. The summed E-state index contributed by atoms with van der Waals surface area (Å²) in [6, 6.07) is 1.54. The quantitative estimate of drug-likeness (QED) is 0.807. The first-order chi connectivity index (χ1) is 10.2. The van der Waals surface area contributed by atoms with Crippen molar-refractivity contribution in [2.24, 2.45) is 5.92 Å². The minimum absolute atomic E-state index is 0.0816. The molecule has 3 rings (SSSR count). The number of carbonyl (C=O) groups is 2. The molecule has 1 atom stereocenters. The molecule has 1 aromatic carbocycles. The van der Waals surface area contributed by atoms with Crippen LogP contribution in [0.4, 0.5) is 0 Å². The summed E-state index contributed by atoms with van der Waals surface area (Å²) in [5.74, 6) is -0.971. The van der Waals surface area contributed by atoms with E-state index in [0.29, 0.717) is 17.6 Å². The maximum atomic E-state index is 12.9. The van der Waals surface area contributed by atoms with Gasteiger partial charge in [0.1, 0.15) is 5.58 Å². The van der Waals surface area contributed by atoms with Gasteiger partial charge in [0.15, 0.2) is 5.78 Å². The van der Waals surface area contributed by atoms with Crippen LogP contribution in [0.5, 0.6) is 0 Å². The first-order valence-corrected chi connectivity index (χ1v) is 8.00. The Labute approximate surface area is 136 Å². The van der Waals surface area contributed by atoms with E-state index in [4.69, 9.17) is 9.52 Å². The van der Waals surface area contributed by atoms with Gasteiger partial charge in [-0.2, -0.15) is 0 Å². The molecule has 2 aromatic rings. The molecular formula is C17H17BrO4. The normalized spacial score (nSPS) is 20.9. The van der Waals surface area contributed by atoms with Crippen LogP contribution >= 0.6 is 15.9 Å². The Morgan fingerprint density at radius 2 is 2.00 bits per heavy atom. The van der Waals surface area contributed by atoms with Gasteiger partial charge in [0.05, 0.1) is 4.32 Å². The summed E-state index contributed by atoms with van der Waals surface area (Å²) in [6.07, 6.45) is 0.551. The molecule has 1 aromatic heterocycles. The number of benzene rings is 1. The molecule has 1 heterocycles. The fraction of sp³-hybridized carbons (Fsp3) is 0.412. The second kappa shape index (κ2) is 4.69. The fourth-order valence-corrected chi connectivity index (χ4v) is 3.70. The molecule has 0 spiro atoms. The third-order valence-corrected chi connectivity index (χ3v) is 6.36. The Morgan fingerprint density at radius 3 is 2.55 bits per heavy atom. The van der Waals surface area contributed by atoms with E-state index >= 15 is 0 Å². The highest BCUT2D eigenvalue weighted by Gasteiger charge is 2.47. The van der Waals surface area contributed by atoms with Gasteiger partial charge in [-0.25, -0.2) is 4.79 Å². The molecule has 1 unspecified atom stereocenters. The van der Waals surface area contributed by atoms with Crippen LogP contribution in [0.15, 0.2) is 10.5 Å². The van der Waals surface area contributed by atoms with E-state index in [-0.39, 0.29) is 17.5 Å². The molecule has 0 aliphatic heterocycles. The Bertz CT molecular complexity index is 831. The fourth-order valence-electron chi connectivity index (χ4n) is 3.22. The third kappa shape index (κ3) is 1.81. The number of furan rings is 1. The minimum Gasteiger partial charge on any atom is -0.475 e. The van der Waals surface area contributed by atoms with Crippen LogP contribution in [0.25, 0.3) is 11.0 Å². The highest BCUT2D eigenvalue weighted by Crippen LogP contribution is 2.47. The molecule has 0 fully saturated rings. The van der Waals surface area contributed by atoms with Crippen molar-refractivity contribution in [1.82, 2.24) is 0 Å². The average molecular weight is 365 g/mol. The Morgan fingerprint density at radius 1 is 1.36 bits per heavy atom. The number of hydrogen-bond donors (Lipinski definition) is 1. The van der Waals surface area contributed by atoms with Crippen molar-refractivity contribution in [3.05, 3.63) is 34.1 Å². The van der Waals surface area contributed by atoms with Gasteiger partial charge in [-0.1, -0.05) is 29.8 Å². The van der Waals surface area contributed by atoms with E-state index in [1.807, 2.05) is 27.7 Å². The zero-order chi connectivity index (χ0) is 16.4. The predicted octanol–water partition coefficient (Wildman–Crippen LogP) is 4.28. The van der Waals surface area contributed by atoms with Crippen LogP contribution in [-0.2, 0) is 6.42 Å². The lowest BCUT2D eigenvalue weighted by Gasteiger charge is -2.24. The van der Waals surface area contributed by atoms with Crippen LogP contribution in [-0.4, -0.2) is 21.2 Å². The second-order valence-electron chi connectivity index (χ2n) is 6.29. The number of aromatic carboxylic acids is 1. The molecule has 1 aliphatic carbocycles. The summed E-state index contributed by atoms with van der Waals surface area (Å²) >= 11 is 3.64. The number of fused-ring (bicyclic) bond motifs is 3. The summed E-state index contributed by atoms with van der Waals surface area (Å²) in [7, 11) is 0. The van der Waals surface area contributed by atoms with E-state index in [0.717, 1.165) is 22.1 Å². The van der Waals surface area contributed by atoms with Gasteiger partial charge in [-0.3, -0.25) is 4.79 Å². The smallest absolute Gasteiger partial charge is 0.371 e. The SMILES string of the molecule is Cc1c2c(c3cc(C(=O)O)oc3c1C)CC(Br)(C(C)C)C2=O. The van der Waals surface area contributed by atoms with Gasteiger partial charge in [-0.05, 0) is 48.9 Å². The molecule has 5 heteroatoms. The lowest BCUT2D eigenvalue weighted by molar-refractivity contribution is 0.0664. The molecule has 1 aliphatic rings. The zero-order valence-corrected chi connectivity index (χ0v) is 14.5. The Kier molecular flexibility index (Phi) is 3.25. The molecule has 22 heavy (non-hydrogen) atoms. The molecule has 0 saturated heterocycles. The number of carbonyl (C=O) groups excluding carboxylic acids is 1. The summed E-state index contributed by atoms with van der Waals surface area (Å²) in [6.45, 7) is 7.78. The van der Waals surface area contributed by atoms with Crippen LogP contribution in [0, 0.1) is 19.8 Å². The molecule has 4 nitrogen and oxygen atoms in total. The van der Waals surface area contributed by atoms with Crippen molar-refractivity contribution in [2.45, 2.75) is 38.4 Å². The maximum absolute atomic E-state index is 12.9. The summed E-state index contributed by atoms with van der Waals surface area (Å²) in [5.41, 5.74) is 3.89. The first-order valence-electron chi connectivity index (χ1n) is 7.21. The van der Waals surface area contributed by atoms with E-state index in [1.54, 1.807) is 0 Å². The number of Topliss-reactive ketones (excluding diaryl/α,β-unsaturated/α-hetero) is 1. The number of carboxylic acids is 1.